The highest BCUT2D eigenvalue weighted by Gasteiger charge is 2.28. The number of hydrogen-bond acceptors (Lipinski definition) is 3. The van der Waals surface area contributed by atoms with Crippen molar-refractivity contribution in [3.8, 4) is 0 Å². The van der Waals surface area contributed by atoms with Crippen molar-refractivity contribution in [1.82, 2.24) is 4.72 Å². The average molecular weight is 305 g/mol. The molecule has 0 saturated heterocycles. The molecular formula is C13H17F2NO3S. The lowest BCUT2D eigenvalue weighted by atomic mass is 10.0. The summed E-state index contributed by atoms with van der Waals surface area (Å²) in [6.07, 6.45) is 0. The van der Waals surface area contributed by atoms with E-state index in [0.29, 0.717) is 0 Å². The molecule has 0 heterocycles. The summed E-state index contributed by atoms with van der Waals surface area (Å²) in [6.45, 7) is 6.10. The van der Waals surface area contributed by atoms with Gasteiger partial charge in [0.2, 0.25) is 10.0 Å². The Kier molecular flexibility index (Phi) is 4.99. The molecule has 112 valence electrons. The second-order valence-electron chi connectivity index (χ2n) is 5.03. The number of carbonyl (C=O) groups is 1. The molecule has 0 radical (unpaired) electrons. The van der Waals surface area contributed by atoms with Crippen LogP contribution in [0.1, 0.15) is 38.1 Å². The summed E-state index contributed by atoms with van der Waals surface area (Å²) in [5.41, 5.74) is -0.813. The molecule has 0 saturated carbocycles. The number of ketones is 1. The Morgan fingerprint density at radius 2 is 1.70 bits per heavy atom. The van der Waals surface area contributed by atoms with Crippen LogP contribution < -0.4 is 4.72 Å². The van der Waals surface area contributed by atoms with Gasteiger partial charge in [0.25, 0.3) is 0 Å². The van der Waals surface area contributed by atoms with E-state index in [1.165, 1.54) is 13.8 Å². The molecule has 20 heavy (non-hydrogen) atoms. The zero-order valence-corrected chi connectivity index (χ0v) is 12.5. The molecule has 0 aliphatic rings. The fraction of sp³-hybridized carbons (Fsp3) is 0.462. The number of benzene rings is 1. The lowest BCUT2D eigenvalue weighted by Gasteiger charge is -2.13. The largest absolute Gasteiger partial charge is 0.294 e. The molecule has 0 aliphatic heterocycles. The monoisotopic (exact) mass is 305 g/mol. The average Bonchev–Trinajstić information content (AvgIpc) is 2.26. The second-order valence-corrected chi connectivity index (χ2v) is 6.71. The maximum Gasteiger partial charge on any atom is 0.243 e. The highest BCUT2D eigenvalue weighted by molar-refractivity contribution is 7.89. The van der Waals surface area contributed by atoms with Crippen LogP contribution in [-0.4, -0.2) is 20.2 Å². The van der Waals surface area contributed by atoms with Crippen LogP contribution in [0.25, 0.3) is 0 Å². The highest BCUT2D eigenvalue weighted by atomic mass is 32.2. The molecule has 1 rings (SSSR count). The minimum Gasteiger partial charge on any atom is -0.294 e. The summed E-state index contributed by atoms with van der Waals surface area (Å²) in [5, 5.41) is 0. The van der Waals surface area contributed by atoms with Crippen molar-refractivity contribution in [1.29, 1.82) is 0 Å². The number of halogens is 2. The first kappa shape index (κ1) is 16.7. The van der Waals surface area contributed by atoms with E-state index in [0.717, 1.165) is 12.1 Å². The van der Waals surface area contributed by atoms with E-state index in [4.69, 9.17) is 0 Å². The fourth-order valence-corrected chi connectivity index (χ4v) is 2.96. The zero-order chi connectivity index (χ0) is 15.7. The van der Waals surface area contributed by atoms with E-state index in [1.807, 2.05) is 0 Å². The van der Waals surface area contributed by atoms with E-state index < -0.39 is 49.9 Å². The molecule has 0 unspecified atom stereocenters. The molecule has 4 nitrogen and oxygen atoms in total. The third-order valence-electron chi connectivity index (χ3n) is 2.51. The predicted molar refractivity (Wildman–Crippen MR) is 71.0 cm³/mol. The Morgan fingerprint density at radius 3 is 2.15 bits per heavy atom. The van der Waals surface area contributed by atoms with Crippen molar-refractivity contribution in [3.63, 3.8) is 0 Å². The van der Waals surface area contributed by atoms with Gasteiger partial charge in [0, 0.05) is 12.0 Å². The van der Waals surface area contributed by atoms with E-state index in [1.54, 1.807) is 13.8 Å². The van der Waals surface area contributed by atoms with Crippen molar-refractivity contribution in [2.75, 3.05) is 0 Å². The lowest BCUT2D eigenvalue weighted by Crippen LogP contribution is -2.31. The minimum absolute atomic E-state index is 0.450. The minimum atomic E-state index is -4.13. The molecule has 1 N–H and O–H groups in total. The summed E-state index contributed by atoms with van der Waals surface area (Å²) in [4.78, 5) is 11.1. The van der Waals surface area contributed by atoms with Gasteiger partial charge in [-0.25, -0.2) is 21.9 Å². The number of carbonyl (C=O) groups excluding carboxylic acids is 1. The van der Waals surface area contributed by atoms with Gasteiger partial charge in [-0.1, -0.05) is 13.8 Å². The van der Waals surface area contributed by atoms with Crippen molar-refractivity contribution in [3.05, 3.63) is 29.3 Å². The van der Waals surface area contributed by atoms with Gasteiger partial charge in [-0.05, 0) is 26.0 Å². The molecule has 0 atom stereocenters. The van der Waals surface area contributed by atoms with Crippen molar-refractivity contribution in [2.24, 2.45) is 5.92 Å². The van der Waals surface area contributed by atoms with E-state index in [9.17, 15) is 22.0 Å². The van der Waals surface area contributed by atoms with Crippen LogP contribution in [0.3, 0.4) is 0 Å². The van der Waals surface area contributed by atoms with Crippen LogP contribution in [0.4, 0.5) is 8.78 Å². The summed E-state index contributed by atoms with van der Waals surface area (Å²) in [7, 11) is -4.13. The molecule has 0 aliphatic carbocycles. The Morgan fingerprint density at radius 1 is 1.15 bits per heavy atom. The zero-order valence-electron chi connectivity index (χ0n) is 11.7. The van der Waals surface area contributed by atoms with Crippen LogP contribution in [0, 0.1) is 17.6 Å². The van der Waals surface area contributed by atoms with Gasteiger partial charge >= 0.3 is 0 Å². The molecule has 0 bridgehead atoms. The maximum absolute atomic E-state index is 14.2. The van der Waals surface area contributed by atoms with Gasteiger partial charge in [0.15, 0.2) is 11.6 Å². The molecular weight excluding hydrogens is 288 g/mol. The second kappa shape index (κ2) is 5.97. The van der Waals surface area contributed by atoms with E-state index in [-0.39, 0.29) is 0 Å². The van der Waals surface area contributed by atoms with Crippen molar-refractivity contribution in [2.45, 2.75) is 38.6 Å². The van der Waals surface area contributed by atoms with E-state index >= 15 is 0 Å². The quantitative estimate of drug-likeness (QED) is 0.850. The Hall–Kier alpha value is -1.34. The highest BCUT2D eigenvalue weighted by Crippen LogP contribution is 2.23. The number of rotatable bonds is 5. The van der Waals surface area contributed by atoms with Crippen LogP contribution >= 0.6 is 0 Å². The van der Waals surface area contributed by atoms with Gasteiger partial charge in [0.1, 0.15) is 10.7 Å². The van der Waals surface area contributed by atoms with Crippen molar-refractivity contribution < 1.29 is 22.0 Å². The van der Waals surface area contributed by atoms with Crippen molar-refractivity contribution >= 4 is 15.8 Å². The van der Waals surface area contributed by atoms with Gasteiger partial charge < -0.3 is 0 Å². The topological polar surface area (TPSA) is 63.2 Å². The normalized spacial score (nSPS) is 12.2. The summed E-state index contributed by atoms with van der Waals surface area (Å²) in [6, 6.07) is 1.15. The molecule has 0 fully saturated rings. The predicted octanol–water partition coefficient (Wildman–Crippen LogP) is 2.49. The lowest BCUT2D eigenvalue weighted by molar-refractivity contribution is 0.0930. The molecule has 1 aromatic rings. The van der Waals surface area contributed by atoms with Crippen LogP contribution in [-0.2, 0) is 10.0 Å². The van der Waals surface area contributed by atoms with Gasteiger partial charge in [-0.15, -0.1) is 0 Å². The van der Waals surface area contributed by atoms with Crippen LogP contribution in [0.5, 0.6) is 0 Å². The third kappa shape index (κ3) is 3.40. The third-order valence-corrected chi connectivity index (χ3v) is 4.18. The Bertz CT molecular complexity index is 625. The number of sulfonamides is 1. The SMILES string of the molecule is CC(C)NS(=O)(=O)c1ccc(F)c(C(=O)C(C)C)c1F. The Balaban J connectivity index is 3.47. The number of Topliss-reactive ketones (excluding diaryl/α,β-unsaturated/α-hetero) is 1. The standard InChI is InChI=1S/C13H17F2NO3S/c1-7(2)13(17)11-9(14)5-6-10(12(11)15)20(18,19)16-8(3)4/h5-8,16H,1-4H3. The molecule has 1 aromatic carbocycles. The molecule has 7 heteroatoms. The van der Waals surface area contributed by atoms with Crippen LogP contribution in [0.2, 0.25) is 0 Å². The van der Waals surface area contributed by atoms with Gasteiger partial charge in [0.05, 0.1) is 5.56 Å². The molecule has 0 amide bonds. The molecule has 0 aromatic heterocycles. The molecule has 0 spiro atoms. The first-order valence-corrected chi connectivity index (χ1v) is 7.60. The summed E-state index contributed by atoms with van der Waals surface area (Å²) in [5.74, 6) is -3.84. The number of nitrogens with one attached hydrogen (secondary N) is 1. The summed E-state index contributed by atoms with van der Waals surface area (Å²) < 4.78 is 53.9. The number of hydrogen-bond donors (Lipinski definition) is 1. The maximum atomic E-state index is 14.2. The first-order chi connectivity index (χ1) is 9.08. The summed E-state index contributed by atoms with van der Waals surface area (Å²) >= 11 is 0. The van der Waals surface area contributed by atoms with Gasteiger partial charge in [-0.2, -0.15) is 0 Å². The smallest absolute Gasteiger partial charge is 0.243 e. The Labute approximate surface area is 117 Å². The van der Waals surface area contributed by atoms with Crippen LogP contribution in [0.15, 0.2) is 17.0 Å². The van der Waals surface area contributed by atoms with Gasteiger partial charge in [-0.3, -0.25) is 4.79 Å². The fourth-order valence-electron chi connectivity index (χ4n) is 1.63. The van der Waals surface area contributed by atoms with E-state index in [2.05, 4.69) is 4.72 Å². The first-order valence-electron chi connectivity index (χ1n) is 6.12.